The quantitative estimate of drug-likeness (QED) is 0.789. The van der Waals surface area contributed by atoms with Gasteiger partial charge in [0, 0.05) is 12.6 Å². The monoisotopic (exact) mass is 356 g/mol. The minimum atomic E-state index is -1.21. The topological polar surface area (TPSA) is 83.7 Å². The average Bonchev–Trinajstić information content (AvgIpc) is 2.52. The molecule has 0 saturated carbocycles. The maximum Gasteiger partial charge on any atom is 0.344 e. The van der Waals surface area contributed by atoms with Gasteiger partial charge in [0.2, 0.25) is 0 Å². The van der Waals surface area contributed by atoms with Gasteiger partial charge in [-0.15, -0.1) is 0 Å². The van der Waals surface area contributed by atoms with E-state index < -0.39 is 17.3 Å². The summed E-state index contributed by atoms with van der Waals surface area (Å²) in [5.41, 5.74) is 4.67. The Balaban J connectivity index is 2.16. The third kappa shape index (κ3) is 4.46. The molecule has 2 rings (SSSR count). The summed E-state index contributed by atoms with van der Waals surface area (Å²) < 4.78 is 29.5. The van der Waals surface area contributed by atoms with Gasteiger partial charge < -0.3 is 19.9 Å². The number of ether oxygens (including phenoxy) is 3. The Hall–Kier alpha value is -2.12. The highest BCUT2D eigenvalue weighted by Gasteiger charge is 2.32. The Bertz CT molecular complexity index is 688. The molecule has 0 spiro atoms. The van der Waals surface area contributed by atoms with Gasteiger partial charge in [0.25, 0.3) is 5.88 Å². The lowest BCUT2D eigenvalue weighted by molar-refractivity contribution is -0.145. The van der Waals surface area contributed by atoms with Crippen LogP contribution in [0.5, 0.6) is 11.6 Å². The van der Waals surface area contributed by atoms with Crippen LogP contribution in [0.2, 0.25) is 0 Å². The maximum absolute atomic E-state index is 13.8. The predicted molar refractivity (Wildman–Crippen MR) is 86.3 cm³/mol. The minimum absolute atomic E-state index is 0.0698. The van der Waals surface area contributed by atoms with Gasteiger partial charge in [0.1, 0.15) is 11.6 Å². The molecule has 2 N–H and O–H groups in total. The predicted octanol–water partition coefficient (Wildman–Crippen LogP) is 2.83. The summed E-state index contributed by atoms with van der Waals surface area (Å²) in [4.78, 5) is 15.4. The fourth-order valence-electron chi connectivity index (χ4n) is 1.97. The SMILES string of the molecule is CCOC(=O)COc1ncccc1OC1=C(Cl)C=C(F)C(C)(N)C1. The van der Waals surface area contributed by atoms with Crippen LogP contribution in [-0.4, -0.2) is 29.7 Å². The van der Waals surface area contributed by atoms with E-state index in [0.29, 0.717) is 0 Å². The molecule has 6 nitrogen and oxygen atoms in total. The molecule has 1 aromatic heterocycles. The van der Waals surface area contributed by atoms with Gasteiger partial charge in [-0.2, -0.15) is 0 Å². The molecule has 1 atom stereocenters. The van der Waals surface area contributed by atoms with Gasteiger partial charge in [-0.1, -0.05) is 11.6 Å². The third-order valence-corrected chi connectivity index (χ3v) is 3.51. The molecule has 0 aromatic carbocycles. The summed E-state index contributed by atoms with van der Waals surface area (Å²) in [5, 5.41) is 0.107. The summed E-state index contributed by atoms with van der Waals surface area (Å²) in [5.74, 6) is -0.428. The van der Waals surface area contributed by atoms with Crippen LogP contribution >= 0.6 is 11.6 Å². The van der Waals surface area contributed by atoms with Crippen molar-refractivity contribution in [1.29, 1.82) is 0 Å². The second kappa shape index (κ2) is 7.63. The first-order chi connectivity index (χ1) is 11.3. The fraction of sp³-hybridized carbons (Fsp3) is 0.375. The van der Waals surface area contributed by atoms with Crippen molar-refractivity contribution in [3.05, 3.63) is 41.0 Å². The summed E-state index contributed by atoms with van der Waals surface area (Å²) in [7, 11) is 0. The van der Waals surface area contributed by atoms with Crippen molar-refractivity contribution in [3.63, 3.8) is 0 Å². The van der Waals surface area contributed by atoms with E-state index in [1.165, 1.54) is 13.1 Å². The zero-order valence-electron chi connectivity index (χ0n) is 13.3. The summed E-state index contributed by atoms with van der Waals surface area (Å²) >= 11 is 6.02. The number of esters is 1. The van der Waals surface area contributed by atoms with Crippen molar-refractivity contribution in [1.82, 2.24) is 4.98 Å². The van der Waals surface area contributed by atoms with Crippen LogP contribution in [0, 0.1) is 0 Å². The summed E-state index contributed by atoms with van der Waals surface area (Å²) in [6.45, 7) is 3.18. The van der Waals surface area contributed by atoms with Crippen molar-refractivity contribution in [3.8, 4) is 11.6 Å². The van der Waals surface area contributed by atoms with E-state index in [0.717, 1.165) is 6.08 Å². The largest absolute Gasteiger partial charge is 0.463 e. The highest BCUT2D eigenvalue weighted by atomic mass is 35.5. The van der Waals surface area contributed by atoms with Gasteiger partial charge >= 0.3 is 5.97 Å². The molecule has 1 aromatic rings. The number of nitrogens with zero attached hydrogens (tertiary/aromatic N) is 1. The normalized spacial score (nSPS) is 20.5. The van der Waals surface area contributed by atoms with E-state index >= 15 is 0 Å². The van der Waals surface area contributed by atoms with Crippen LogP contribution in [0.4, 0.5) is 4.39 Å². The molecule has 1 unspecified atom stereocenters. The number of aromatic nitrogens is 1. The van der Waals surface area contributed by atoms with E-state index in [-0.39, 0.29) is 42.1 Å². The molecule has 0 aliphatic heterocycles. The first kappa shape index (κ1) is 18.2. The summed E-state index contributed by atoms with van der Waals surface area (Å²) in [6.07, 6.45) is 2.67. The second-order valence-electron chi connectivity index (χ2n) is 5.36. The molecule has 24 heavy (non-hydrogen) atoms. The van der Waals surface area contributed by atoms with Gasteiger partial charge in [0.15, 0.2) is 12.4 Å². The van der Waals surface area contributed by atoms with Crippen LogP contribution in [0.25, 0.3) is 0 Å². The molecular formula is C16H18ClFN2O4. The van der Waals surface area contributed by atoms with E-state index in [4.69, 9.17) is 31.5 Å². The number of halogens is 2. The number of rotatable bonds is 6. The first-order valence-corrected chi connectivity index (χ1v) is 7.67. The standard InChI is InChI=1S/C16H18ClFN2O4/c1-3-22-14(21)9-23-15-11(5-4-6-20-15)24-12-8-16(2,19)13(18)7-10(12)17/h4-7H,3,8-9,19H2,1-2H3. The Morgan fingerprint density at radius 2 is 2.29 bits per heavy atom. The zero-order chi connectivity index (χ0) is 17.7. The molecule has 1 aliphatic carbocycles. The molecule has 8 heteroatoms. The van der Waals surface area contributed by atoms with Crippen molar-refractivity contribution >= 4 is 17.6 Å². The highest BCUT2D eigenvalue weighted by molar-refractivity contribution is 6.31. The Morgan fingerprint density at radius 3 is 3.00 bits per heavy atom. The minimum Gasteiger partial charge on any atom is -0.463 e. The van der Waals surface area contributed by atoms with Crippen LogP contribution in [0.3, 0.4) is 0 Å². The van der Waals surface area contributed by atoms with Crippen molar-refractivity contribution in [2.45, 2.75) is 25.8 Å². The zero-order valence-corrected chi connectivity index (χ0v) is 14.1. The van der Waals surface area contributed by atoms with Crippen LogP contribution in [-0.2, 0) is 9.53 Å². The smallest absolute Gasteiger partial charge is 0.344 e. The fourth-order valence-corrected chi connectivity index (χ4v) is 2.17. The number of carbonyl (C=O) groups is 1. The molecule has 0 bridgehead atoms. The highest BCUT2D eigenvalue weighted by Crippen LogP contribution is 2.36. The maximum atomic E-state index is 13.8. The molecular weight excluding hydrogens is 339 g/mol. The number of pyridine rings is 1. The lowest BCUT2D eigenvalue weighted by atomic mass is 9.92. The van der Waals surface area contributed by atoms with Crippen LogP contribution in [0.15, 0.2) is 41.0 Å². The van der Waals surface area contributed by atoms with Crippen LogP contribution in [0.1, 0.15) is 20.3 Å². The van der Waals surface area contributed by atoms with Gasteiger partial charge in [0.05, 0.1) is 17.2 Å². The molecule has 1 aliphatic rings. The first-order valence-electron chi connectivity index (χ1n) is 7.30. The van der Waals surface area contributed by atoms with E-state index in [1.54, 1.807) is 19.1 Å². The van der Waals surface area contributed by atoms with Crippen molar-refractivity contribution in [2.75, 3.05) is 13.2 Å². The van der Waals surface area contributed by atoms with Crippen LogP contribution < -0.4 is 15.2 Å². The van der Waals surface area contributed by atoms with E-state index in [2.05, 4.69) is 4.98 Å². The van der Waals surface area contributed by atoms with Gasteiger partial charge in [-0.3, -0.25) is 0 Å². The van der Waals surface area contributed by atoms with E-state index in [1.807, 2.05) is 0 Å². The Morgan fingerprint density at radius 1 is 1.54 bits per heavy atom. The molecule has 0 fully saturated rings. The number of hydrogen-bond donors (Lipinski definition) is 1. The molecule has 0 amide bonds. The number of allylic oxidation sites excluding steroid dienone is 2. The molecule has 0 radical (unpaired) electrons. The van der Waals surface area contributed by atoms with Gasteiger partial charge in [-0.05, 0) is 32.1 Å². The van der Waals surface area contributed by atoms with Crippen molar-refractivity contribution < 1.29 is 23.4 Å². The second-order valence-corrected chi connectivity index (χ2v) is 5.77. The molecule has 0 saturated heterocycles. The summed E-state index contributed by atoms with van der Waals surface area (Å²) in [6, 6.07) is 3.22. The Labute approximate surface area is 144 Å². The van der Waals surface area contributed by atoms with Crippen molar-refractivity contribution in [2.24, 2.45) is 5.73 Å². The number of hydrogen-bond acceptors (Lipinski definition) is 6. The molecule has 1 heterocycles. The van der Waals surface area contributed by atoms with E-state index in [9.17, 15) is 9.18 Å². The average molecular weight is 357 g/mol. The Kier molecular flexibility index (Phi) is 5.80. The van der Waals surface area contributed by atoms with Gasteiger partial charge in [-0.25, -0.2) is 14.2 Å². The molecule has 130 valence electrons. The lowest BCUT2D eigenvalue weighted by Crippen LogP contribution is -2.39. The number of nitrogens with two attached hydrogens (primary N) is 1. The third-order valence-electron chi connectivity index (χ3n) is 3.19. The lowest BCUT2D eigenvalue weighted by Gasteiger charge is -2.28. The number of carbonyl (C=O) groups excluding carboxylic acids is 1.